The van der Waals surface area contributed by atoms with Crippen LogP contribution in [0.4, 0.5) is 0 Å². The van der Waals surface area contributed by atoms with Crippen LogP contribution in [-0.4, -0.2) is 80.9 Å². The van der Waals surface area contributed by atoms with E-state index >= 15 is 0 Å². The summed E-state index contributed by atoms with van der Waals surface area (Å²) in [5.74, 6) is 1.06. The Morgan fingerprint density at radius 1 is 0.850 bits per heavy atom. The molecule has 12 nitrogen and oxygen atoms in total. The van der Waals surface area contributed by atoms with Gasteiger partial charge >= 0.3 is 0 Å². The number of aromatic amines is 1. The van der Waals surface area contributed by atoms with Gasteiger partial charge in [-0.05, 0) is 97.4 Å². The molecule has 0 bridgehead atoms. The maximum atomic E-state index is 14.4. The Balaban J connectivity index is 1.32. The average molecular weight is 967 g/mol. The van der Waals surface area contributed by atoms with Crippen LogP contribution in [0.2, 0.25) is 20.1 Å². The van der Waals surface area contributed by atoms with Gasteiger partial charge in [0.05, 0.1) is 38.4 Å². The summed E-state index contributed by atoms with van der Waals surface area (Å²) in [6.45, 7) is 16.0. The number of halogens is 4. The van der Waals surface area contributed by atoms with Crippen molar-refractivity contribution in [3.63, 3.8) is 0 Å². The highest BCUT2D eigenvalue weighted by Gasteiger charge is 2.41. The predicted octanol–water partition coefficient (Wildman–Crippen LogP) is 8.88. The molecule has 60 heavy (non-hydrogen) atoms. The monoisotopic (exact) mass is 964 g/mol. The number of rotatable bonds is 19. The first-order valence-electron chi connectivity index (χ1n) is 19.9. The maximum absolute atomic E-state index is 14.4. The molecule has 4 N–H and O–H groups in total. The minimum Gasteiger partial charge on any atom is -0.598 e. The zero-order chi connectivity index (χ0) is 43.8. The lowest BCUT2D eigenvalue weighted by Gasteiger charge is -2.38. The number of ether oxygens (including phenoxy) is 2. The third-order valence-corrected chi connectivity index (χ3v) is 17.2. The van der Waals surface area contributed by atoms with Crippen LogP contribution in [0, 0.1) is 11.8 Å². The van der Waals surface area contributed by atoms with Crippen LogP contribution >= 0.6 is 46.4 Å². The molecule has 1 aromatic heterocycles. The van der Waals surface area contributed by atoms with E-state index in [1.54, 1.807) is 30.3 Å². The van der Waals surface area contributed by atoms with Gasteiger partial charge in [0.1, 0.15) is 39.1 Å². The Labute approximate surface area is 381 Å². The van der Waals surface area contributed by atoms with E-state index < -0.39 is 48.3 Å². The van der Waals surface area contributed by atoms with Crippen molar-refractivity contribution in [3.8, 4) is 11.5 Å². The van der Waals surface area contributed by atoms with Crippen molar-refractivity contribution in [1.82, 2.24) is 29.3 Å². The van der Waals surface area contributed by atoms with Crippen molar-refractivity contribution in [3.05, 3.63) is 92.7 Å². The molecule has 4 atom stereocenters. The van der Waals surface area contributed by atoms with E-state index in [4.69, 9.17) is 55.9 Å². The zero-order valence-corrected chi connectivity index (χ0v) is 40.0. The van der Waals surface area contributed by atoms with Crippen molar-refractivity contribution >= 4 is 79.2 Å². The summed E-state index contributed by atoms with van der Waals surface area (Å²) in [6.07, 6.45) is 11.2. The van der Waals surface area contributed by atoms with E-state index in [0.717, 1.165) is 31.5 Å². The third kappa shape index (κ3) is 12.7. The molecule has 0 spiro atoms. The highest BCUT2D eigenvalue weighted by Crippen LogP contribution is 2.43. The van der Waals surface area contributed by atoms with E-state index in [0.29, 0.717) is 56.4 Å². The van der Waals surface area contributed by atoms with Gasteiger partial charge in [-0.25, -0.2) is 8.42 Å². The molecule has 2 fully saturated rings. The van der Waals surface area contributed by atoms with Crippen LogP contribution in [0.15, 0.2) is 66.4 Å². The molecule has 0 aliphatic carbocycles. The van der Waals surface area contributed by atoms with Gasteiger partial charge in [0.25, 0.3) is 0 Å². The SMILES string of the molecule is C=CCOc1cc(Cl)c(Cl)cc1[C@H](N[S@@+]([O-])C(C)(C)C/C=C\COc1cc(Cl)c(Cl)cc1[C@H](N[S@@+]([O-])C(C)(C)C)C1CCNCC1)C1CCN(S(=O)(=O)c2cn[nH]c2)CC1. The minimum absolute atomic E-state index is 0.103. The molecule has 332 valence electrons. The molecule has 5 rings (SSSR count). The fourth-order valence-electron chi connectivity index (χ4n) is 7.17. The first-order valence-corrected chi connectivity index (χ1v) is 25.1. The molecule has 2 aromatic carbocycles. The zero-order valence-electron chi connectivity index (χ0n) is 34.6. The number of piperidine rings is 2. The smallest absolute Gasteiger partial charge is 0.246 e. The molecule has 0 saturated carbocycles. The Morgan fingerprint density at radius 2 is 1.37 bits per heavy atom. The molecule has 2 saturated heterocycles. The number of H-pyrrole nitrogens is 1. The van der Waals surface area contributed by atoms with Crippen LogP contribution in [0.25, 0.3) is 0 Å². The standard InChI is InChI=1S/C41H56Cl4N6O6S3/c1-7-19-56-36-23-34(44)32(42)21-30(36)39(28-12-17-51(18-13-28)60(54,55)29-25-47-48-26-29)50-59(53)41(5,6)14-8-9-20-57-37-24-35(45)33(43)22-31(37)38(27-10-15-46-16-11-27)49-58(52)40(2,3)4/h7-9,21-28,38-39,46,49-50H,1,10-20H2,2-6H3,(H,47,48)/b9-8-/t38-,39-,58+,59+/m1/s1. The van der Waals surface area contributed by atoms with Crippen LogP contribution in [0.3, 0.4) is 0 Å². The van der Waals surface area contributed by atoms with Gasteiger partial charge in [0.15, 0.2) is 0 Å². The average Bonchev–Trinajstić information content (AvgIpc) is 3.77. The minimum atomic E-state index is -3.73. The topological polar surface area (TPSA) is 167 Å². The molecule has 19 heteroatoms. The summed E-state index contributed by atoms with van der Waals surface area (Å²) in [4.78, 5) is 0.103. The largest absolute Gasteiger partial charge is 0.598 e. The number of hydrogen-bond acceptors (Lipinski definition) is 10. The first-order chi connectivity index (χ1) is 28.3. The fourth-order valence-corrected chi connectivity index (χ4v) is 11.2. The fraction of sp³-hybridized carbons (Fsp3) is 0.537. The van der Waals surface area contributed by atoms with E-state index in [1.807, 2.05) is 46.8 Å². The van der Waals surface area contributed by atoms with Gasteiger partial charge in [0.2, 0.25) is 10.0 Å². The molecule has 3 heterocycles. The predicted molar refractivity (Wildman–Crippen MR) is 245 cm³/mol. The summed E-state index contributed by atoms with van der Waals surface area (Å²) in [5.41, 5.74) is 1.46. The molecule has 0 unspecified atom stereocenters. The second kappa shape index (κ2) is 21.8. The van der Waals surface area contributed by atoms with E-state index in [1.165, 1.54) is 16.7 Å². The molecular formula is C41H56Cl4N6O6S3. The Kier molecular flexibility index (Phi) is 17.9. The van der Waals surface area contributed by atoms with Gasteiger partial charge in [-0.1, -0.05) is 71.2 Å². The summed E-state index contributed by atoms with van der Waals surface area (Å²) in [7, 11) is -3.73. The number of allylic oxidation sites excluding steroid dienone is 1. The lowest BCUT2D eigenvalue weighted by molar-refractivity contribution is 0.233. The van der Waals surface area contributed by atoms with Gasteiger partial charge < -0.3 is 23.9 Å². The number of nitrogens with zero attached hydrogens (tertiary/aromatic N) is 2. The molecule has 3 aromatic rings. The van der Waals surface area contributed by atoms with Crippen LogP contribution in [0.1, 0.15) is 89.9 Å². The first kappa shape index (κ1) is 49.3. The summed E-state index contributed by atoms with van der Waals surface area (Å²) < 4.78 is 73.7. The van der Waals surface area contributed by atoms with E-state index in [2.05, 4.69) is 31.5 Å². The highest BCUT2D eigenvalue weighted by molar-refractivity contribution is 7.91. The number of benzene rings is 2. The normalized spacial score (nSPS) is 18.6. The third-order valence-electron chi connectivity index (χ3n) is 10.7. The lowest BCUT2D eigenvalue weighted by Crippen LogP contribution is -2.47. The second-order valence-corrected chi connectivity index (χ2v) is 24.0. The molecule has 2 aliphatic heterocycles. The van der Waals surface area contributed by atoms with Gasteiger partial charge in [-0.2, -0.15) is 9.40 Å². The second-order valence-electron chi connectivity index (χ2n) is 16.6. The molecule has 0 radical (unpaired) electrons. The number of hydrogen-bond donors (Lipinski definition) is 4. The summed E-state index contributed by atoms with van der Waals surface area (Å²) in [5, 5.41) is 11.1. The number of sulfonamides is 1. The highest BCUT2D eigenvalue weighted by atomic mass is 35.5. The van der Waals surface area contributed by atoms with Crippen LogP contribution < -0.4 is 24.2 Å². The van der Waals surface area contributed by atoms with Crippen LogP contribution in [0.5, 0.6) is 11.5 Å². The Bertz CT molecular complexity index is 2020. The van der Waals surface area contributed by atoms with Crippen LogP contribution in [-0.2, 0) is 32.7 Å². The van der Waals surface area contributed by atoms with Crippen molar-refractivity contribution < 1.29 is 27.0 Å². The summed E-state index contributed by atoms with van der Waals surface area (Å²) >= 11 is 23.1. The number of aromatic nitrogens is 2. The van der Waals surface area contributed by atoms with Gasteiger partial charge in [-0.15, -0.1) is 9.44 Å². The van der Waals surface area contributed by atoms with Crippen molar-refractivity contribution in [1.29, 1.82) is 0 Å². The van der Waals surface area contributed by atoms with Crippen molar-refractivity contribution in [2.45, 2.75) is 93.2 Å². The lowest BCUT2D eigenvalue weighted by atomic mass is 9.86. The van der Waals surface area contributed by atoms with Crippen molar-refractivity contribution in [2.75, 3.05) is 39.4 Å². The van der Waals surface area contributed by atoms with Gasteiger partial charge in [0, 0.05) is 71.7 Å². The molecule has 2 aliphatic rings. The summed E-state index contributed by atoms with van der Waals surface area (Å²) in [6, 6.07) is 6.06. The molecular weight excluding hydrogens is 910 g/mol. The Morgan fingerprint density at radius 3 is 1.88 bits per heavy atom. The Hall–Kier alpha value is -1.70. The molecule has 0 amide bonds. The van der Waals surface area contributed by atoms with E-state index in [-0.39, 0.29) is 49.1 Å². The van der Waals surface area contributed by atoms with Crippen molar-refractivity contribution in [2.24, 2.45) is 11.8 Å². The van der Waals surface area contributed by atoms with E-state index in [9.17, 15) is 17.5 Å². The van der Waals surface area contributed by atoms with Gasteiger partial charge in [-0.3, -0.25) is 5.10 Å². The maximum Gasteiger partial charge on any atom is 0.246 e. The quantitative estimate of drug-likeness (QED) is 0.0674. The number of nitrogens with one attached hydrogen (secondary N) is 4.